The Bertz CT molecular complexity index is 1150. The largest absolute Gasteiger partial charge is 0.337 e. The average Bonchev–Trinajstić information content (AvgIpc) is 3.08. The maximum atomic E-state index is 13.0. The molecule has 7 heteroatoms. The van der Waals surface area contributed by atoms with Crippen molar-refractivity contribution in [3.05, 3.63) is 64.5 Å². The molecular weight excluding hydrogens is 392 g/mol. The van der Waals surface area contributed by atoms with Gasteiger partial charge in [0.05, 0.1) is 11.9 Å². The van der Waals surface area contributed by atoms with Crippen LogP contribution in [0.15, 0.2) is 47.8 Å². The lowest BCUT2D eigenvalue weighted by Gasteiger charge is -2.29. The van der Waals surface area contributed by atoms with Crippen LogP contribution < -0.4 is 4.31 Å². The molecule has 2 heterocycles. The van der Waals surface area contributed by atoms with Crippen LogP contribution in [0.25, 0.3) is 10.1 Å². The number of sulfonamides is 1. The summed E-state index contributed by atoms with van der Waals surface area (Å²) in [4.78, 5) is 14.7. The zero-order chi connectivity index (χ0) is 19.9. The molecule has 3 aromatic rings. The summed E-state index contributed by atoms with van der Waals surface area (Å²) in [5, 5.41) is 3.28. The topological polar surface area (TPSA) is 57.7 Å². The highest BCUT2D eigenvalue weighted by Crippen LogP contribution is 2.31. The third kappa shape index (κ3) is 3.52. The Morgan fingerprint density at radius 2 is 2.00 bits per heavy atom. The molecule has 1 aliphatic rings. The third-order valence-corrected chi connectivity index (χ3v) is 7.31. The number of benzene rings is 2. The van der Waals surface area contributed by atoms with Gasteiger partial charge in [0.2, 0.25) is 10.0 Å². The van der Waals surface area contributed by atoms with E-state index in [-0.39, 0.29) is 5.91 Å². The van der Waals surface area contributed by atoms with Gasteiger partial charge in [-0.25, -0.2) is 8.42 Å². The molecule has 0 fully saturated rings. The first-order chi connectivity index (χ1) is 13.3. The lowest BCUT2D eigenvalue weighted by atomic mass is 10.00. The minimum atomic E-state index is -3.30. The summed E-state index contributed by atoms with van der Waals surface area (Å²) in [5.41, 5.74) is 3.34. The zero-order valence-electron chi connectivity index (χ0n) is 15.9. The van der Waals surface area contributed by atoms with E-state index in [0.29, 0.717) is 24.3 Å². The van der Waals surface area contributed by atoms with Gasteiger partial charge in [0.15, 0.2) is 0 Å². The number of carbonyl (C=O) groups excluding carboxylic acids is 1. The van der Waals surface area contributed by atoms with E-state index < -0.39 is 10.0 Å². The van der Waals surface area contributed by atoms with Crippen molar-refractivity contribution in [1.29, 1.82) is 0 Å². The smallest absolute Gasteiger partial charge is 0.253 e. The maximum absolute atomic E-state index is 13.0. The molecule has 0 radical (unpaired) electrons. The molecule has 0 saturated heterocycles. The first kappa shape index (κ1) is 19.0. The molecule has 146 valence electrons. The average molecular weight is 415 g/mol. The Labute approximate surface area is 169 Å². The van der Waals surface area contributed by atoms with Crippen LogP contribution in [0, 0.1) is 0 Å². The number of thiophene rings is 1. The van der Waals surface area contributed by atoms with Gasteiger partial charge in [-0.15, -0.1) is 11.3 Å². The number of rotatable bonds is 4. The van der Waals surface area contributed by atoms with Crippen molar-refractivity contribution in [3.63, 3.8) is 0 Å². The number of anilines is 1. The van der Waals surface area contributed by atoms with Crippen LogP contribution >= 0.6 is 11.3 Å². The van der Waals surface area contributed by atoms with E-state index in [1.807, 2.05) is 18.2 Å². The molecule has 5 nitrogen and oxygen atoms in total. The van der Waals surface area contributed by atoms with Gasteiger partial charge in [-0.2, -0.15) is 0 Å². The van der Waals surface area contributed by atoms with Crippen LogP contribution in [-0.4, -0.2) is 39.1 Å². The molecule has 1 aliphatic heterocycles. The summed E-state index contributed by atoms with van der Waals surface area (Å²) in [6.45, 7) is 1.03. The van der Waals surface area contributed by atoms with E-state index >= 15 is 0 Å². The quantitative estimate of drug-likeness (QED) is 0.651. The molecule has 0 saturated carbocycles. The van der Waals surface area contributed by atoms with Gasteiger partial charge < -0.3 is 4.90 Å². The van der Waals surface area contributed by atoms with Gasteiger partial charge >= 0.3 is 0 Å². The predicted octanol–water partition coefficient (Wildman–Crippen LogP) is 3.89. The van der Waals surface area contributed by atoms with Gasteiger partial charge in [0, 0.05) is 30.4 Å². The number of nitrogens with zero attached hydrogens (tertiary/aromatic N) is 2. The number of fused-ring (bicyclic) bond motifs is 2. The van der Waals surface area contributed by atoms with Gasteiger partial charge in [-0.3, -0.25) is 9.10 Å². The van der Waals surface area contributed by atoms with Gasteiger partial charge in [0.25, 0.3) is 5.91 Å². The molecule has 0 atom stereocenters. The molecule has 28 heavy (non-hydrogen) atoms. The van der Waals surface area contributed by atoms with Crippen molar-refractivity contribution in [2.24, 2.45) is 0 Å². The van der Waals surface area contributed by atoms with Crippen molar-refractivity contribution < 1.29 is 13.2 Å². The van der Waals surface area contributed by atoms with Crippen molar-refractivity contribution in [3.8, 4) is 0 Å². The number of hydrogen-bond acceptors (Lipinski definition) is 4. The summed E-state index contributed by atoms with van der Waals surface area (Å²) in [7, 11) is -1.50. The Hall–Kier alpha value is -2.38. The Balaban J connectivity index is 1.58. The van der Waals surface area contributed by atoms with E-state index in [9.17, 15) is 13.2 Å². The molecule has 0 spiro atoms. The maximum Gasteiger partial charge on any atom is 0.253 e. The molecule has 2 aromatic carbocycles. The summed E-state index contributed by atoms with van der Waals surface area (Å²) < 4.78 is 26.7. The number of amides is 1. The normalized spacial score (nSPS) is 14.1. The second kappa shape index (κ2) is 7.22. The summed E-state index contributed by atoms with van der Waals surface area (Å²) in [6.07, 6.45) is 2.76. The standard InChI is InChI=1S/C21H22N2O3S2/c1-22(13-17-14-27-20-8-4-3-7-18(17)20)21(24)16-9-10-19-15(12-16)6-5-11-23(19)28(2,25)26/h3-4,7-10,12,14H,5-6,11,13H2,1-2H3. The fraction of sp³-hybridized carbons (Fsp3) is 0.286. The minimum absolute atomic E-state index is 0.0606. The van der Waals surface area contributed by atoms with Crippen LogP contribution in [0.3, 0.4) is 0 Å². The first-order valence-electron chi connectivity index (χ1n) is 9.16. The van der Waals surface area contributed by atoms with Crippen molar-refractivity contribution >= 4 is 43.0 Å². The third-order valence-electron chi connectivity index (χ3n) is 5.12. The van der Waals surface area contributed by atoms with Crippen molar-refractivity contribution in [2.75, 3.05) is 24.2 Å². The van der Waals surface area contributed by atoms with Crippen LogP contribution in [0.2, 0.25) is 0 Å². The number of hydrogen-bond donors (Lipinski definition) is 0. The summed E-state index contributed by atoms with van der Waals surface area (Å²) in [5.74, 6) is -0.0606. The highest BCUT2D eigenvalue weighted by molar-refractivity contribution is 7.92. The van der Waals surface area contributed by atoms with E-state index in [4.69, 9.17) is 0 Å². The predicted molar refractivity (Wildman–Crippen MR) is 115 cm³/mol. The van der Waals surface area contributed by atoms with Crippen LogP contribution in [-0.2, 0) is 23.0 Å². The molecule has 0 bridgehead atoms. The van der Waals surface area contributed by atoms with Crippen LogP contribution in [0.1, 0.15) is 27.9 Å². The van der Waals surface area contributed by atoms with Crippen molar-refractivity contribution in [2.45, 2.75) is 19.4 Å². The molecular formula is C21H22N2O3S2. The minimum Gasteiger partial charge on any atom is -0.337 e. The summed E-state index contributed by atoms with van der Waals surface area (Å²) >= 11 is 1.68. The first-order valence-corrected chi connectivity index (χ1v) is 11.9. The Kier molecular flexibility index (Phi) is 4.89. The zero-order valence-corrected chi connectivity index (χ0v) is 17.5. The van der Waals surface area contributed by atoms with Gasteiger partial charge in [-0.05, 0) is 59.0 Å². The molecule has 4 rings (SSSR count). The lowest BCUT2D eigenvalue weighted by Crippen LogP contribution is -2.35. The van der Waals surface area contributed by atoms with E-state index in [1.54, 1.807) is 35.4 Å². The Morgan fingerprint density at radius 3 is 2.79 bits per heavy atom. The monoisotopic (exact) mass is 414 g/mol. The number of aryl methyl sites for hydroxylation is 1. The van der Waals surface area contributed by atoms with Gasteiger partial charge in [0.1, 0.15) is 0 Å². The second-order valence-corrected chi connectivity index (χ2v) is 10.0. The highest BCUT2D eigenvalue weighted by atomic mass is 32.2. The molecule has 0 unspecified atom stereocenters. The van der Waals surface area contributed by atoms with Crippen LogP contribution in [0.5, 0.6) is 0 Å². The van der Waals surface area contributed by atoms with E-state index in [0.717, 1.165) is 24.0 Å². The van der Waals surface area contributed by atoms with E-state index in [2.05, 4.69) is 17.5 Å². The molecule has 1 aromatic heterocycles. The van der Waals surface area contributed by atoms with Crippen LogP contribution in [0.4, 0.5) is 5.69 Å². The molecule has 0 aliphatic carbocycles. The second-order valence-electron chi connectivity index (χ2n) is 7.20. The van der Waals surface area contributed by atoms with Gasteiger partial charge in [-0.1, -0.05) is 18.2 Å². The highest BCUT2D eigenvalue weighted by Gasteiger charge is 2.25. The molecule has 1 amide bonds. The fourth-order valence-corrected chi connectivity index (χ4v) is 5.69. The SMILES string of the molecule is CN(Cc1csc2ccccc12)C(=O)c1ccc2c(c1)CCCN2S(C)(=O)=O. The van der Waals surface area contributed by atoms with Crippen molar-refractivity contribution in [1.82, 2.24) is 4.90 Å². The molecule has 0 N–H and O–H groups in total. The van der Waals surface area contributed by atoms with E-state index in [1.165, 1.54) is 20.6 Å². The summed E-state index contributed by atoms with van der Waals surface area (Å²) in [6, 6.07) is 13.5. The number of carbonyl (C=O) groups is 1. The lowest BCUT2D eigenvalue weighted by molar-refractivity contribution is 0.0785. The fourth-order valence-electron chi connectivity index (χ4n) is 3.74. The Morgan fingerprint density at radius 1 is 1.21 bits per heavy atom.